The highest BCUT2D eigenvalue weighted by molar-refractivity contribution is 7.71. The van der Waals surface area contributed by atoms with Crippen molar-refractivity contribution < 1.29 is 9.84 Å². The number of halogens is 2. The van der Waals surface area contributed by atoms with Gasteiger partial charge in [-0.25, -0.2) is 4.98 Å². The van der Waals surface area contributed by atoms with E-state index in [9.17, 15) is 5.11 Å². The van der Waals surface area contributed by atoms with Crippen LogP contribution >= 0.6 is 35.4 Å². The first-order chi connectivity index (χ1) is 11.9. The van der Waals surface area contributed by atoms with Crippen LogP contribution in [0.15, 0.2) is 24.5 Å². The Bertz CT molecular complexity index is 733. The van der Waals surface area contributed by atoms with Gasteiger partial charge in [-0.05, 0) is 55.6 Å². The van der Waals surface area contributed by atoms with E-state index in [1.165, 1.54) is 0 Å². The van der Waals surface area contributed by atoms with Crippen LogP contribution in [0.25, 0.3) is 0 Å². The molecular formula is C17H23Cl2N3O2S. The molecule has 0 aliphatic rings. The summed E-state index contributed by atoms with van der Waals surface area (Å²) in [7, 11) is 0. The van der Waals surface area contributed by atoms with E-state index in [-0.39, 0.29) is 12.0 Å². The average Bonchev–Trinajstić information content (AvgIpc) is 2.98. The number of aromatic nitrogens is 3. The number of aliphatic hydroxyl groups excluding tert-OH is 1. The molecule has 2 N–H and O–H groups in total. The van der Waals surface area contributed by atoms with Crippen LogP contribution in [-0.2, 0) is 0 Å². The van der Waals surface area contributed by atoms with Crippen LogP contribution in [0.4, 0.5) is 0 Å². The number of aromatic amines is 1. The number of aliphatic hydroxyl groups is 1. The molecule has 0 aliphatic heterocycles. The van der Waals surface area contributed by atoms with Crippen LogP contribution in [0.2, 0.25) is 10.0 Å². The third kappa shape index (κ3) is 5.71. The number of unbranched alkanes of at least 4 members (excludes halogenated alkanes) is 1. The van der Waals surface area contributed by atoms with Crippen molar-refractivity contribution in [2.45, 2.75) is 45.3 Å². The van der Waals surface area contributed by atoms with Crippen LogP contribution in [0.5, 0.6) is 5.75 Å². The van der Waals surface area contributed by atoms with Crippen molar-refractivity contribution in [3.05, 3.63) is 39.3 Å². The van der Waals surface area contributed by atoms with Crippen LogP contribution < -0.4 is 4.74 Å². The third-order valence-corrected chi connectivity index (χ3v) is 4.87. The van der Waals surface area contributed by atoms with Crippen molar-refractivity contribution in [3.63, 3.8) is 0 Å². The summed E-state index contributed by atoms with van der Waals surface area (Å²) >= 11 is 17.2. The molecule has 0 aliphatic carbocycles. The van der Waals surface area contributed by atoms with Gasteiger partial charge in [-0.1, -0.05) is 37.0 Å². The summed E-state index contributed by atoms with van der Waals surface area (Å²) in [6.45, 7) is 4.52. The molecule has 0 amide bonds. The SMILES string of the molecule is CC(C)C(O)C(CCCCOc1ccc(Cl)cc1Cl)n1[nH]cnc1=S. The fourth-order valence-corrected chi connectivity index (χ4v) is 3.33. The molecule has 1 aromatic carbocycles. The quantitative estimate of drug-likeness (QED) is 0.453. The Morgan fingerprint density at radius 1 is 1.32 bits per heavy atom. The Balaban J connectivity index is 1.87. The van der Waals surface area contributed by atoms with E-state index >= 15 is 0 Å². The van der Waals surface area contributed by atoms with Gasteiger partial charge in [0, 0.05) is 5.02 Å². The van der Waals surface area contributed by atoms with Crippen LogP contribution in [0.1, 0.15) is 39.2 Å². The first-order valence-corrected chi connectivity index (χ1v) is 9.44. The van der Waals surface area contributed by atoms with Crippen LogP contribution in [0.3, 0.4) is 0 Å². The lowest BCUT2D eigenvalue weighted by molar-refractivity contribution is 0.0574. The summed E-state index contributed by atoms with van der Waals surface area (Å²) in [6.07, 6.45) is 3.53. The first kappa shape index (κ1) is 20.2. The minimum Gasteiger partial charge on any atom is -0.492 e. The van der Waals surface area contributed by atoms with E-state index in [0.717, 1.165) is 19.3 Å². The van der Waals surface area contributed by atoms with Crippen LogP contribution in [0, 0.1) is 10.7 Å². The highest BCUT2D eigenvalue weighted by Gasteiger charge is 2.24. The molecule has 25 heavy (non-hydrogen) atoms. The molecule has 0 saturated heterocycles. The Hall–Kier alpha value is -1.08. The van der Waals surface area contributed by atoms with Crippen molar-refractivity contribution in [2.24, 2.45) is 5.92 Å². The lowest BCUT2D eigenvalue weighted by atomic mass is 9.95. The lowest BCUT2D eigenvalue weighted by Crippen LogP contribution is -2.29. The number of ether oxygens (including phenoxy) is 1. The molecule has 0 bridgehead atoms. The van der Waals surface area contributed by atoms with E-state index in [2.05, 4.69) is 10.1 Å². The van der Waals surface area contributed by atoms with Crippen LogP contribution in [-0.4, -0.2) is 32.6 Å². The summed E-state index contributed by atoms with van der Waals surface area (Å²) in [5, 5.41) is 14.6. The number of benzene rings is 1. The van der Waals surface area contributed by atoms with Crippen molar-refractivity contribution in [3.8, 4) is 5.75 Å². The highest BCUT2D eigenvalue weighted by Crippen LogP contribution is 2.28. The number of rotatable bonds is 9. The fourth-order valence-electron chi connectivity index (χ4n) is 2.63. The number of hydrogen-bond acceptors (Lipinski definition) is 4. The monoisotopic (exact) mass is 403 g/mol. The second-order valence-electron chi connectivity index (χ2n) is 6.26. The molecule has 8 heteroatoms. The van der Waals surface area contributed by atoms with Gasteiger partial charge in [0.25, 0.3) is 0 Å². The Kier molecular flexibility index (Phi) is 7.75. The van der Waals surface area contributed by atoms with Gasteiger partial charge in [0.15, 0.2) is 0 Å². The molecule has 1 heterocycles. The molecule has 138 valence electrons. The van der Waals surface area contributed by atoms with Crippen molar-refractivity contribution in [1.82, 2.24) is 14.8 Å². The van der Waals surface area contributed by atoms with Crippen molar-refractivity contribution in [2.75, 3.05) is 6.61 Å². The van der Waals surface area contributed by atoms with E-state index in [1.807, 2.05) is 13.8 Å². The molecule has 5 nitrogen and oxygen atoms in total. The lowest BCUT2D eigenvalue weighted by Gasteiger charge is -2.26. The molecular weight excluding hydrogens is 381 g/mol. The van der Waals surface area contributed by atoms with Crippen molar-refractivity contribution in [1.29, 1.82) is 0 Å². The molecule has 2 atom stereocenters. The fraction of sp³-hybridized carbons (Fsp3) is 0.529. The molecule has 0 radical (unpaired) electrons. The second kappa shape index (κ2) is 9.57. The maximum absolute atomic E-state index is 10.5. The smallest absolute Gasteiger partial charge is 0.216 e. The van der Waals surface area contributed by atoms with E-state index in [1.54, 1.807) is 29.2 Å². The average molecular weight is 404 g/mol. The molecule has 0 spiro atoms. The zero-order valence-electron chi connectivity index (χ0n) is 14.3. The van der Waals surface area contributed by atoms with E-state index in [4.69, 9.17) is 40.2 Å². The Morgan fingerprint density at radius 3 is 2.68 bits per heavy atom. The summed E-state index contributed by atoms with van der Waals surface area (Å²) in [5.74, 6) is 0.750. The summed E-state index contributed by atoms with van der Waals surface area (Å²) < 4.78 is 7.91. The number of nitrogens with one attached hydrogen (secondary N) is 1. The zero-order valence-corrected chi connectivity index (χ0v) is 16.6. The highest BCUT2D eigenvalue weighted by atomic mass is 35.5. The standard InChI is InChI=1S/C17H23Cl2N3O2S/c1-11(2)16(23)14(22-17(25)20-10-21-22)5-3-4-8-24-15-7-6-12(18)9-13(15)19/h6-7,9-11,14,16,23H,3-5,8H2,1-2H3,(H,20,21,25). The normalized spacial score (nSPS) is 13.8. The molecule has 0 fully saturated rings. The van der Waals surface area contributed by atoms with Gasteiger partial charge < -0.3 is 9.84 Å². The Labute approximate surface area is 162 Å². The predicted molar refractivity (Wildman–Crippen MR) is 103 cm³/mol. The van der Waals surface area contributed by atoms with Gasteiger partial charge in [0.05, 0.1) is 23.8 Å². The van der Waals surface area contributed by atoms with E-state index < -0.39 is 6.10 Å². The zero-order chi connectivity index (χ0) is 18.4. The summed E-state index contributed by atoms with van der Waals surface area (Å²) in [4.78, 5) is 4.04. The summed E-state index contributed by atoms with van der Waals surface area (Å²) in [6, 6.07) is 5.04. The number of nitrogens with zero attached hydrogens (tertiary/aromatic N) is 2. The maximum atomic E-state index is 10.5. The molecule has 2 unspecified atom stereocenters. The number of H-pyrrole nitrogens is 1. The molecule has 1 aromatic heterocycles. The minimum atomic E-state index is -0.501. The first-order valence-electron chi connectivity index (χ1n) is 8.28. The van der Waals surface area contributed by atoms with Crippen molar-refractivity contribution >= 4 is 35.4 Å². The second-order valence-corrected chi connectivity index (χ2v) is 7.47. The number of hydrogen-bond donors (Lipinski definition) is 2. The summed E-state index contributed by atoms with van der Waals surface area (Å²) in [5.41, 5.74) is 0. The topological polar surface area (TPSA) is 63.1 Å². The van der Waals surface area contributed by atoms with E-state index in [0.29, 0.717) is 27.2 Å². The molecule has 0 saturated carbocycles. The molecule has 2 rings (SSSR count). The van der Waals surface area contributed by atoms with Gasteiger partial charge in [0.1, 0.15) is 12.1 Å². The molecule has 2 aromatic rings. The Morgan fingerprint density at radius 2 is 2.08 bits per heavy atom. The maximum Gasteiger partial charge on any atom is 0.216 e. The van der Waals surface area contributed by atoms with Gasteiger partial charge >= 0.3 is 0 Å². The van der Waals surface area contributed by atoms with Gasteiger partial charge in [-0.15, -0.1) is 0 Å². The van der Waals surface area contributed by atoms with Gasteiger partial charge in [0.2, 0.25) is 4.77 Å². The third-order valence-electron chi connectivity index (χ3n) is 4.03. The largest absolute Gasteiger partial charge is 0.492 e. The minimum absolute atomic E-state index is 0.124. The van der Waals surface area contributed by atoms with Gasteiger partial charge in [-0.3, -0.25) is 9.78 Å². The predicted octanol–water partition coefficient (Wildman–Crippen LogP) is 5.05. The van der Waals surface area contributed by atoms with Gasteiger partial charge in [-0.2, -0.15) is 0 Å².